The summed E-state index contributed by atoms with van der Waals surface area (Å²) >= 11 is 0. The highest BCUT2D eigenvalue weighted by molar-refractivity contribution is 5.80. The number of hydrogen-bond acceptors (Lipinski definition) is 2. The second-order valence-electron chi connectivity index (χ2n) is 4.66. The Morgan fingerprint density at radius 3 is 2.68 bits per heavy atom. The number of aryl methyl sites for hydroxylation is 1. The lowest BCUT2D eigenvalue weighted by molar-refractivity contribution is 0.720. The number of para-hydroxylation sites is 1. The highest BCUT2D eigenvalue weighted by atomic mass is 16.1. The summed E-state index contributed by atoms with van der Waals surface area (Å²) in [5.41, 5.74) is 2.24. The zero-order chi connectivity index (χ0) is 13.8. The first-order valence-electron chi connectivity index (χ1n) is 6.53. The van der Waals surface area contributed by atoms with E-state index >= 15 is 0 Å². The molecule has 0 bridgehead atoms. The van der Waals surface area contributed by atoms with Crippen molar-refractivity contribution in [3.8, 4) is 5.69 Å². The van der Waals surface area contributed by atoms with Gasteiger partial charge < -0.3 is 0 Å². The van der Waals surface area contributed by atoms with Gasteiger partial charge in [0.15, 0.2) is 0 Å². The van der Waals surface area contributed by atoms with Crippen LogP contribution in [0.5, 0.6) is 0 Å². The van der Waals surface area contributed by atoms with Crippen LogP contribution in [0.4, 0.5) is 0 Å². The van der Waals surface area contributed by atoms with Crippen LogP contribution in [0.3, 0.4) is 0 Å². The van der Waals surface area contributed by atoms with E-state index in [0.29, 0.717) is 5.56 Å². The molecular weight excluding hydrogens is 238 g/mol. The van der Waals surface area contributed by atoms with Crippen molar-refractivity contribution >= 4 is 6.21 Å². The van der Waals surface area contributed by atoms with Crippen molar-refractivity contribution in [1.82, 2.24) is 9.78 Å². The first-order valence-corrected chi connectivity index (χ1v) is 6.53. The molecule has 1 heterocycles. The van der Waals surface area contributed by atoms with Crippen molar-refractivity contribution in [1.29, 1.82) is 0 Å². The van der Waals surface area contributed by atoms with Crippen LogP contribution in [0.15, 0.2) is 40.1 Å². The number of H-pyrrole nitrogens is 1. The van der Waals surface area contributed by atoms with Gasteiger partial charge in [-0.05, 0) is 32.4 Å². The van der Waals surface area contributed by atoms with Gasteiger partial charge in [-0.2, -0.15) is 0 Å². The molecule has 4 heteroatoms. The molecule has 0 fully saturated rings. The van der Waals surface area contributed by atoms with Gasteiger partial charge in [0.25, 0.3) is 5.56 Å². The van der Waals surface area contributed by atoms with E-state index in [0.717, 1.165) is 17.8 Å². The fourth-order valence-corrected chi connectivity index (χ4v) is 1.78. The van der Waals surface area contributed by atoms with Crippen LogP contribution in [0.1, 0.15) is 31.5 Å². The van der Waals surface area contributed by atoms with Crippen molar-refractivity contribution in [2.24, 2.45) is 4.99 Å². The Kier molecular flexibility index (Phi) is 4.00. The normalized spacial score (nSPS) is 13.0. The minimum atomic E-state index is -0.0595. The molecule has 2 rings (SSSR count). The first kappa shape index (κ1) is 13.3. The van der Waals surface area contributed by atoms with Crippen LogP contribution >= 0.6 is 0 Å². The Morgan fingerprint density at radius 2 is 2.05 bits per heavy atom. The van der Waals surface area contributed by atoms with Gasteiger partial charge in [0, 0.05) is 18.0 Å². The minimum absolute atomic E-state index is 0.0595. The molecule has 1 N–H and O–H groups in total. The number of aromatic amines is 1. The lowest BCUT2D eigenvalue weighted by atomic mass is 10.2. The zero-order valence-electron chi connectivity index (χ0n) is 11.6. The molecule has 0 spiro atoms. The second kappa shape index (κ2) is 5.69. The maximum atomic E-state index is 12.3. The van der Waals surface area contributed by atoms with E-state index < -0.39 is 0 Å². The second-order valence-corrected chi connectivity index (χ2v) is 4.66. The number of rotatable bonds is 4. The van der Waals surface area contributed by atoms with Gasteiger partial charge in [0.1, 0.15) is 0 Å². The molecule has 1 atom stereocenters. The maximum absolute atomic E-state index is 12.3. The summed E-state index contributed by atoms with van der Waals surface area (Å²) in [4.78, 5) is 16.7. The lowest BCUT2D eigenvalue weighted by Crippen LogP contribution is -2.17. The third kappa shape index (κ3) is 2.84. The lowest BCUT2D eigenvalue weighted by Gasteiger charge is -1.99. The quantitative estimate of drug-likeness (QED) is 0.841. The average Bonchev–Trinajstić information content (AvgIpc) is 2.72. The van der Waals surface area contributed by atoms with E-state index in [1.807, 2.05) is 44.2 Å². The maximum Gasteiger partial charge on any atom is 0.280 e. The molecule has 0 saturated carbocycles. The zero-order valence-corrected chi connectivity index (χ0v) is 11.6. The van der Waals surface area contributed by atoms with Crippen LogP contribution < -0.4 is 5.56 Å². The monoisotopic (exact) mass is 257 g/mol. The Bertz CT molecular complexity index is 623. The van der Waals surface area contributed by atoms with Crippen LogP contribution in [0.2, 0.25) is 0 Å². The molecule has 1 aromatic carbocycles. The molecule has 1 aromatic heterocycles. The number of hydrogen-bond donors (Lipinski definition) is 1. The number of aromatic nitrogens is 2. The van der Waals surface area contributed by atoms with Gasteiger partial charge in [-0.15, -0.1) is 0 Å². The van der Waals surface area contributed by atoms with Crippen molar-refractivity contribution in [2.75, 3.05) is 0 Å². The van der Waals surface area contributed by atoms with Crippen molar-refractivity contribution in [2.45, 2.75) is 33.2 Å². The van der Waals surface area contributed by atoms with E-state index in [-0.39, 0.29) is 11.6 Å². The largest absolute Gasteiger partial charge is 0.295 e. The van der Waals surface area contributed by atoms with Gasteiger partial charge in [0.2, 0.25) is 0 Å². The topological polar surface area (TPSA) is 50.1 Å². The summed E-state index contributed by atoms with van der Waals surface area (Å²) in [6.07, 6.45) is 2.65. The van der Waals surface area contributed by atoms with Gasteiger partial charge in [-0.3, -0.25) is 14.9 Å². The third-order valence-electron chi connectivity index (χ3n) is 3.18. The molecule has 2 aromatic rings. The SMILES string of the molecule is CC[C@@H](C)N=Cc1c(C)[nH]n(-c2ccccc2)c1=O. The van der Waals surface area contributed by atoms with E-state index in [9.17, 15) is 4.79 Å². The standard InChI is InChI=1S/C15H19N3O/c1-4-11(2)16-10-14-12(3)17-18(15(14)19)13-8-6-5-7-9-13/h5-11,17H,4H2,1-3H3/t11-/m1/s1. The Morgan fingerprint density at radius 1 is 1.37 bits per heavy atom. The van der Waals surface area contributed by atoms with Crippen molar-refractivity contribution in [3.05, 3.63) is 51.9 Å². The molecule has 0 aliphatic heterocycles. The van der Waals surface area contributed by atoms with E-state index in [4.69, 9.17) is 0 Å². The highest BCUT2D eigenvalue weighted by Gasteiger charge is 2.10. The summed E-state index contributed by atoms with van der Waals surface area (Å²) < 4.78 is 1.55. The molecule has 0 aliphatic rings. The molecule has 4 nitrogen and oxygen atoms in total. The fourth-order valence-electron chi connectivity index (χ4n) is 1.78. The van der Waals surface area contributed by atoms with Crippen LogP contribution in [-0.2, 0) is 0 Å². The van der Waals surface area contributed by atoms with Crippen LogP contribution in [0.25, 0.3) is 5.69 Å². The third-order valence-corrected chi connectivity index (χ3v) is 3.18. The molecule has 0 saturated heterocycles. The molecule has 0 amide bonds. The highest BCUT2D eigenvalue weighted by Crippen LogP contribution is 2.06. The first-order chi connectivity index (χ1) is 9.13. The van der Waals surface area contributed by atoms with Gasteiger partial charge in [0.05, 0.1) is 11.3 Å². The molecule has 19 heavy (non-hydrogen) atoms. The molecular formula is C15H19N3O. The van der Waals surface area contributed by atoms with Gasteiger partial charge in [-0.25, -0.2) is 4.68 Å². The molecule has 100 valence electrons. The van der Waals surface area contributed by atoms with Crippen molar-refractivity contribution in [3.63, 3.8) is 0 Å². The summed E-state index contributed by atoms with van der Waals surface area (Å²) in [6.45, 7) is 6.00. The smallest absolute Gasteiger partial charge is 0.280 e. The minimum Gasteiger partial charge on any atom is -0.295 e. The molecule has 0 unspecified atom stereocenters. The number of nitrogens with one attached hydrogen (secondary N) is 1. The van der Waals surface area contributed by atoms with Gasteiger partial charge in [-0.1, -0.05) is 25.1 Å². The summed E-state index contributed by atoms with van der Waals surface area (Å²) in [6, 6.07) is 9.77. The predicted octanol–water partition coefficient (Wildman–Crippen LogP) is 2.69. The number of nitrogens with zero attached hydrogens (tertiary/aromatic N) is 2. The predicted molar refractivity (Wildman–Crippen MR) is 78.5 cm³/mol. The van der Waals surface area contributed by atoms with E-state index in [2.05, 4.69) is 17.0 Å². The number of aliphatic imine (C=N–C) groups is 1. The van der Waals surface area contributed by atoms with Crippen LogP contribution in [0, 0.1) is 6.92 Å². The van der Waals surface area contributed by atoms with Crippen molar-refractivity contribution < 1.29 is 0 Å². The van der Waals surface area contributed by atoms with Crippen LogP contribution in [-0.4, -0.2) is 22.0 Å². The van der Waals surface area contributed by atoms with Gasteiger partial charge >= 0.3 is 0 Å². The average molecular weight is 257 g/mol. The summed E-state index contributed by atoms with van der Waals surface area (Å²) in [7, 11) is 0. The molecule has 0 aliphatic carbocycles. The number of benzene rings is 1. The van der Waals surface area contributed by atoms with E-state index in [1.54, 1.807) is 10.9 Å². The Hall–Kier alpha value is -2.10. The Labute approximate surface area is 112 Å². The fraction of sp³-hybridized carbons (Fsp3) is 0.333. The molecule has 0 radical (unpaired) electrons. The van der Waals surface area contributed by atoms with E-state index in [1.165, 1.54) is 0 Å². The Balaban J connectivity index is 2.41. The summed E-state index contributed by atoms with van der Waals surface area (Å²) in [5.74, 6) is 0. The summed E-state index contributed by atoms with van der Waals surface area (Å²) in [5, 5.41) is 3.08.